The lowest BCUT2D eigenvalue weighted by molar-refractivity contribution is 0.219. The van der Waals surface area contributed by atoms with Gasteiger partial charge in [0.05, 0.1) is 6.61 Å². The fraction of sp³-hybridized carbons (Fsp3) is 0.200. The SMILES string of the molecule is Cc1ccc(C(O)c2ccc(CO)cc2Br)c(Cl)c1. The van der Waals surface area contributed by atoms with Crippen LogP contribution in [0.15, 0.2) is 40.9 Å². The van der Waals surface area contributed by atoms with Crippen molar-refractivity contribution in [3.8, 4) is 0 Å². The number of benzene rings is 2. The summed E-state index contributed by atoms with van der Waals surface area (Å²) in [7, 11) is 0. The number of aliphatic hydroxyl groups excluding tert-OH is 2. The summed E-state index contributed by atoms with van der Waals surface area (Å²) in [5.74, 6) is 0. The van der Waals surface area contributed by atoms with Gasteiger partial charge in [0.2, 0.25) is 0 Å². The van der Waals surface area contributed by atoms with E-state index in [-0.39, 0.29) is 6.61 Å². The third-order valence-electron chi connectivity index (χ3n) is 2.99. The molecule has 0 aliphatic carbocycles. The van der Waals surface area contributed by atoms with Gasteiger partial charge >= 0.3 is 0 Å². The van der Waals surface area contributed by atoms with Gasteiger partial charge in [-0.05, 0) is 35.7 Å². The number of halogens is 2. The second-order valence-corrected chi connectivity index (χ2v) is 5.70. The van der Waals surface area contributed by atoms with Crippen LogP contribution in [0.4, 0.5) is 0 Å². The Bertz CT molecular complexity index is 599. The minimum Gasteiger partial charge on any atom is -0.392 e. The zero-order valence-electron chi connectivity index (χ0n) is 10.4. The van der Waals surface area contributed by atoms with E-state index in [2.05, 4.69) is 15.9 Å². The van der Waals surface area contributed by atoms with Gasteiger partial charge in [-0.2, -0.15) is 0 Å². The van der Waals surface area contributed by atoms with Crippen molar-refractivity contribution in [2.75, 3.05) is 0 Å². The molecule has 0 aromatic heterocycles. The van der Waals surface area contributed by atoms with Crippen LogP contribution in [0.5, 0.6) is 0 Å². The minimum atomic E-state index is -0.796. The average Bonchev–Trinajstić information content (AvgIpc) is 2.37. The van der Waals surface area contributed by atoms with Gasteiger partial charge < -0.3 is 10.2 Å². The predicted octanol–water partition coefficient (Wildman–Crippen LogP) is 3.98. The van der Waals surface area contributed by atoms with Crippen LogP contribution in [0.1, 0.15) is 28.4 Å². The smallest absolute Gasteiger partial charge is 0.107 e. The highest BCUT2D eigenvalue weighted by atomic mass is 79.9. The molecule has 0 amide bonds. The Kier molecular flexibility index (Phi) is 4.63. The number of aryl methyl sites for hydroxylation is 1. The van der Waals surface area contributed by atoms with Crippen LogP contribution >= 0.6 is 27.5 Å². The maximum absolute atomic E-state index is 10.4. The Morgan fingerprint density at radius 2 is 1.84 bits per heavy atom. The van der Waals surface area contributed by atoms with Gasteiger partial charge in [-0.25, -0.2) is 0 Å². The second kappa shape index (κ2) is 6.06. The van der Waals surface area contributed by atoms with Gasteiger partial charge in [-0.3, -0.25) is 0 Å². The van der Waals surface area contributed by atoms with Crippen LogP contribution in [0.3, 0.4) is 0 Å². The molecule has 0 aliphatic heterocycles. The normalized spacial score (nSPS) is 12.5. The fourth-order valence-electron chi connectivity index (χ4n) is 1.91. The lowest BCUT2D eigenvalue weighted by atomic mass is 9.99. The third-order valence-corrected chi connectivity index (χ3v) is 4.01. The lowest BCUT2D eigenvalue weighted by Gasteiger charge is -2.16. The van der Waals surface area contributed by atoms with E-state index in [1.165, 1.54) is 0 Å². The molecule has 0 saturated heterocycles. The van der Waals surface area contributed by atoms with Gasteiger partial charge in [0, 0.05) is 15.1 Å². The van der Waals surface area contributed by atoms with E-state index in [9.17, 15) is 5.11 Å². The van der Waals surface area contributed by atoms with E-state index in [0.717, 1.165) is 21.2 Å². The lowest BCUT2D eigenvalue weighted by Crippen LogP contribution is -2.02. The molecule has 2 aromatic rings. The van der Waals surface area contributed by atoms with Crippen molar-refractivity contribution in [3.05, 3.63) is 68.1 Å². The first kappa shape index (κ1) is 14.5. The first-order chi connectivity index (χ1) is 9.02. The molecular weight excluding hydrogens is 328 g/mol. The first-order valence-electron chi connectivity index (χ1n) is 5.86. The van der Waals surface area contributed by atoms with Crippen LogP contribution in [0.2, 0.25) is 5.02 Å². The summed E-state index contributed by atoms with van der Waals surface area (Å²) in [5.41, 5.74) is 3.24. The summed E-state index contributed by atoms with van der Waals surface area (Å²) < 4.78 is 0.753. The molecule has 1 atom stereocenters. The van der Waals surface area contributed by atoms with Crippen molar-refractivity contribution in [2.24, 2.45) is 0 Å². The summed E-state index contributed by atoms with van der Waals surface area (Å²) in [6.45, 7) is 1.92. The number of aliphatic hydroxyl groups is 2. The van der Waals surface area contributed by atoms with E-state index in [0.29, 0.717) is 10.6 Å². The largest absolute Gasteiger partial charge is 0.392 e. The van der Waals surface area contributed by atoms with Crippen molar-refractivity contribution < 1.29 is 10.2 Å². The Morgan fingerprint density at radius 1 is 1.16 bits per heavy atom. The third kappa shape index (κ3) is 3.18. The molecule has 19 heavy (non-hydrogen) atoms. The number of hydrogen-bond donors (Lipinski definition) is 2. The summed E-state index contributed by atoms with van der Waals surface area (Å²) in [4.78, 5) is 0. The van der Waals surface area contributed by atoms with Gasteiger partial charge in [0.25, 0.3) is 0 Å². The second-order valence-electron chi connectivity index (χ2n) is 4.44. The van der Waals surface area contributed by atoms with E-state index >= 15 is 0 Å². The molecule has 2 nitrogen and oxygen atoms in total. The quantitative estimate of drug-likeness (QED) is 0.886. The summed E-state index contributed by atoms with van der Waals surface area (Å²) in [6.07, 6.45) is -0.796. The first-order valence-corrected chi connectivity index (χ1v) is 7.03. The highest BCUT2D eigenvalue weighted by Crippen LogP contribution is 2.33. The molecule has 4 heteroatoms. The minimum absolute atomic E-state index is 0.0275. The van der Waals surface area contributed by atoms with Gasteiger partial charge in [0.1, 0.15) is 6.10 Å². The molecule has 0 aliphatic rings. The van der Waals surface area contributed by atoms with Crippen LogP contribution in [-0.4, -0.2) is 10.2 Å². The Morgan fingerprint density at radius 3 is 2.42 bits per heavy atom. The summed E-state index contributed by atoms with van der Waals surface area (Å²) in [6, 6.07) is 10.9. The number of rotatable bonds is 3. The van der Waals surface area contributed by atoms with E-state index < -0.39 is 6.10 Å². The molecule has 2 aromatic carbocycles. The molecule has 1 unspecified atom stereocenters. The summed E-state index contributed by atoms with van der Waals surface area (Å²) >= 11 is 9.58. The number of hydrogen-bond acceptors (Lipinski definition) is 2. The highest BCUT2D eigenvalue weighted by molar-refractivity contribution is 9.10. The van der Waals surface area contributed by atoms with Crippen molar-refractivity contribution in [3.63, 3.8) is 0 Å². The van der Waals surface area contributed by atoms with Crippen LogP contribution < -0.4 is 0 Å². The van der Waals surface area contributed by atoms with Crippen molar-refractivity contribution in [1.82, 2.24) is 0 Å². The van der Waals surface area contributed by atoms with E-state index in [1.807, 2.05) is 25.1 Å². The molecule has 2 N–H and O–H groups in total. The Balaban J connectivity index is 2.41. The molecule has 2 rings (SSSR count). The molecule has 0 fully saturated rings. The van der Waals surface area contributed by atoms with Crippen molar-refractivity contribution >= 4 is 27.5 Å². The highest BCUT2D eigenvalue weighted by Gasteiger charge is 2.16. The van der Waals surface area contributed by atoms with Gasteiger partial charge in [-0.15, -0.1) is 0 Å². The predicted molar refractivity (Wildman–Crippen MR) is 80.3 cm³/mol. The molecule has 100 valence electrons. The zero-order chi connectivity index (χ0) is 14.0. The van der Waals surface area contributed by atoms with E-state index in [1.54, 1.807) is 18.2 Å². The van der Waals surface area contributed by atoms with E-state index in [4.69, 9.17) is 16.7 Å². The van der Waals surface area contributed by atoms with Crippen LogP contribution in [-0.2, 0) is 6.61 Å². The van der Waals surface area contributed by atoms with Crippen LogP contribution in [0, 0.1) is 6.92 Å². The van der Waals surface area contributed by atoms with Crippen LogP contribution in [0.25, 0.3) is 0 Å². The molecule has 0 heterocycles. The average molecular weight is 342 g/mol. The monoisotopic (exact) mass is 340 g/mol. The Hall–Kier alpha value is -0.870. The topological polar surface area (TPSA) is 40.5 Å². The van der Waals surface area contributed by atoms with Gasteiger partial charge in [-0.1, -0.05) is 51.8 Å². The van der Waals surface area contributed by atoms with Crippen molar-refractivity contribution in [2.45, 2.75) is 19.6 Å². The standard InChI is InChI=1S/C15H14BrClO2/c1-9-2-4-12(14(17)6-9)15(19)11-5-3-10(8-18)7-13(11)16/h2-7,15,18-19H,8H2,1H3. The zero-order valence-corrected chi connectivity index (χ0v) is 12.7. The molecule has 0 saturated carbocycles. The molecular formula is C15H14BrClO2. The van der Waals surface area contributed by atoms with Crippen molar-refractivity contribution in [1.29, 1.82) is 0 Å². The summed E-state index contributed by atoms with van der Waals surface area (Å²) in [5, 5.41) is 20.1. The van der Waals surface area contributed by atoms with Gasteiger partial charge in [0.15, 0.2) is 0 Å². The Labute approximate surface area is 125 Å². The molecule has 0 bridgehead atoms. The maximum atomic E-state index is 10.4. The molecule has 0 radical (unpaired) electrons. The molecule has 0 spiro atoms. The maximum Gasteiger partial charge on any atom is 0.107 e. The fourth-order valence-corrected chi connectivity index (χ4v) is 2.89.